The summed E-state index contributed by atoms with van der Waals surface area (Å²) in [6, 6.07) is 11.5. The first-order valence-electron chi connectivity index (χ1n) is 9.12. The molecule has 0 spiro atoms. The van der Waals surface area contributed by atoms with E-state index < -0.39 is 0 Å². The first-order chi connectivity index (χ1) is 13.0. The molecule has 0 saturated heterocycles. The lowest BCUT2D eigenvalue weighted by Gasteiger charge is -2.15. The molecule has 0 atom stereocenters. The molecule has 0 aliphatic rings. The van der Waals surface area contributed by atoms with E-state index in [9.17, 15) is 4.39 Å². The van der Waals surface area contributed by atoms with Gasteiger partial charge in [-0.15, -0.1) is 0 Å². The van der Waals surface area contributed by atoms with Crippen LogP contribution in [0.15, 0.2) is 42.5 Å². The van der Waals surface area contributed by atoms with E-state index in [1.54, 1.807) is 30.3 Å². The number of amidine groups is 1. The van der Waals surface area contributed by atoms with Crippen molar-refractivity contribution in [1.29, 1.82) is 5.41 Å². The van der Waals surface area contributed by atoms with Crippen LogP contribution in [0.4, 0.5) is 4.39 Å². The van der Waals surface area contributed by atoms with Gasteiger partial charge in [0.25, 0.3) is 0 Å². The third kappa shape index (κ3) is 7.17. The molecule has 0 aromatic heterocycles. The van der Waals surface area contributed by atoms with Crippen molar-refractivity contribution in [3.05, 3.63) is 53.8 Å². The van der Waals surface area contributed by atoms with Gasteiger partial charge in [-0.05, 0) is 69.5 Å². The van der Waals surface area contributed by atoms with Gasteiger partial charge in [0.1, 0.15) is 17.4 Å². The van der Waals surface area contributed by atoms with Gasteiger partial charge in [0, 0.05) is 11.6 Å². The van der Waals surface area contributed by atoms with Crippen LogP contribution in [0.1, 0.15) is 38.7 Å². The van der Waals surface area contributed by atoms with E-state index in [2.05, 4.69) is 0 Å². The Hall–Kier alpha value is -2.76. The molecule has 0 radical (unpaired) electrons. The second-order valence-corrected chi connectivity index (χ2v) is 6.45. The van der Waals surface area contributed by atoms with Gasteiger partial charge < -0.3 is 19.9 Å². The monoisotopic (exact) mass is 374 g/mol. The van der Waals surface area contributed by atoms with Crippen LogP contribution in [0.3, 0.4) is 0 Å². The normalized spacial score (nSPS) is 10.7. The van der Waals surface area contributed by atoms with Crippen molar-refractivity contribution in [2.75, 3.05) is 13.2 Å². The molecule has 2 aromatic carbocycles. The Bertz CT molecular complexity index is 733. The average molecular weight is 374 g/mol. The molecule has 0 unspecified atom stereocenters. The Kier molecular flexibility index (Phi) is 7.92. The molecule has 0 aliphatic carbocycles. The van der Waals surface area contributed by atoms with E-state index in [0.29, 0.717) is 30.3 Å². The van der Waals surface area contributed by atoms with Crippen LogP contribution in [0.2, 0.25) is 0 Å². The van der Waals surface area contributed by atoms with Crippen molar-refractivity contribution >= 4 is 5.84 Å². The van der Waals surface area contributed by atoms with E-state index >= 15 is 0 Å². The maximum atomic E-state index is 13.4. The summed E-state index contributed by atoms with van der Waals surface area (Å²) in [5.41, 5.74) is 6.10. The SMILES string of the molecule is CC(C)Oc1ccc(F)cc1OCCCCCOc1ccc(C(=N)N)cc1. The highest BCUT2D eigenvalue weighted by atomic mass is 19.1. The molecular formula is C21H27FN2O3. The van der Waals surface area contributed by atoms with Crippen molar-refractivity contribution in [2.24, 2.45) is 5.73 Å². The van der Waals surface area contributed by atoms with Crippen molar-refractivity contribution < 1.29 is 18.6 Å². The minimum atomic E-state index is -0.342. The molecule has 5 nitrogen and oxygen atoms in total. The number of unbranched alkanes of at least 4 members (excludes halogenated alkanes) is 2. The van der Waals surface area contributed by atoms with Crippen LogP contribution in [-0.2, 0) is 0 Å². The Morgan fingerprint density at radius 1 is 0.963 bits per heavy atom. The summed E-state index contributed by atoms with van der Waals surface area (Å²) in [4.78, 5) is 0. The standard InChI is InChI=1S/C21H27FN2O3/c1-15(2)27-19-11-8-17(22)14-20(19)26-13-5-3-4-12-25-18-9-6-16(7-10-18)21(23)24/h6-11,14-15H,3-5,12-13H2,1-2H3,(H3,23,24). The van der Waals surface area contributed by atoms with E-state index in [-0.39, 0.29) is 17.8 Å². The molecule has 27 heavy (non-hydrogen) atoms. The molecule has 0 saturated carbocycles. The number of rotatable bonds is 11. The smallest absolute Gasteiger partial charge is 0.164 e. The second-order valence-electron chi connectivity index (χ2n) is 6.45. The van der Waals surface area contributed by atoms with Crippen LogP contribution >= 0.6 is 0 Å². The quantitative estimate of drug-likeness (QED) is 0.344. The molecule has 0 aliphatic heterocycles. The number of nitrogens with one attached hydrogen (secondary N) is 1. The number of benzene rings is 2. The minimum absolute atomic E-state index is 0.000488. The van der Waals surface area contributed by atoms with Gasteiger partial charge in [0.05, 0.1) is 19.3 Å². The van der Waals surface area contributed by atoms with E-state index in [4.69, 9.17) is 25.4 Å². The molecule has 0 heterocycles. The third-order valence-corrected chi connectivity index (χ3v) is 3.75. The van der Waals surface area contributed by atoms with Crippen molar-refractivity contribution in [3.8, 4) is 17.2 Å². The number of nitrogens with two attached hydrogens (primary N) is 1. The Balaban J connectivity index is 1.66. The Morgan fingerprint density at radius 3 is 2.26 bits per heavy atom. The van der Waals surface area contributed by atoms with Crippen molar-refractivity contribution in [3.63, 3.8) is 0 Å². The molecule has 0 fully saturated rings. The zero-order valence-corrected chi connectivity index (χ0v) is 15.8. The summed E-state index contributed by atoms with van der Waals surface area (Å²) in [5.74, 6) is 1.45. The van der Waals surface area contributed by atoms with Crippen molar-refractivity contribution in [2.45, 2.75) is 39.2 Å². The zero-order chi connectivity index (χ0) is 19.6. The number of nitrogen functional groups attached to an aromatic ring is 1. The van der Waals surface area contributed by atoms with E-state index in [1.807, 2.05) is 13.8 Å². The van der Waals surface area contributed by atoms with Crippen LogP contribution in [0.25, 0.3) is 0 Å². The molecule has 3 N–H and O–H groups in total. The Labute approximate surface area is 159 Å². The fourth-order valence-electron chi connectivity index (χ4n) is 2.43. The Morgan fingerprint density at radius 2 is 1.63 bits per heavy atom. The fourth-order valence-corrected chi connectivity index (χ4v) is 2.43. The van der Waals surface area contributed by atoms with Gasteiger partial charge in [0.2, 0.25) is 0 Å². The topological polar surface area (TPSA) is 77.6 Å². The lowest BCUT2D eigenvalue weighted by Crippen LogP contribution is -2.10. The van der Waals surface area contributed by atoms with Gasteiger partial charge in [-0.3, -0.25) is 5.41 Å². The van der Waals surface area contributed by atoms with Gasteiger partial charge in [-0.2, -0.15) is 0 Å². The zero-order valence-electron chi connectivity index (χ0n) is 15.8. The molecule has 146 valence electrons. The summed E-state index contributed by atoms with van der Waals surface area (Å²) in [6.07, 6.45) is 2.65. The molecule has 2 rings (SSSR count). The van der Waals surface area contributed by atoms with E-state index in [1.165, 1.54) is 12.1 Å². The van der Waals surface area contributed by atoms with Gasteiger partial charge in [-0.25, -0.2) is 4.39 Å². The second kappa shape index (κ2) is 10.4. The molecule has 0 bridgehead atoms. The highest BCUT2D eigenvalue weighted by Crippen LogP contribution is 2.29. The predicted octanol–water partition coefficient (Wildman–Crippen LogP) is 4.53. The molecular weight excluding hydrogens is 347 g/mol. The highest BCUT2D eigenvalue weighted by Gasteiger charge is 2.08. The predicted molar refractivity (Wildman–Crippen MR) is 104 cm³/mol. The van der Waals surface area contributed by atoms with Crippen molar-refractivity contribution in [1.82, 2.24) is 0 Å². The third-order valence-electron chi connectivity index (χ3n) is 3.75. The van der Waals surface area contributed by atoms with Crippen LogP contribution in [0, 0.1) is 11.2 Å². The first kappa shape index (κ1) is 20.6. The van der Waals surface area contributed by atoms with Gasteiger partial charge >= 0.3 is 0 Å². The fraction of sp³-hybridized carbons (Fsp3) is 0.381. The summed E-state index contributed by atoms with van der Waals surface area (Å²) >= 11 is 0. The first-order valence-corrected chi connectivity index (χ1v) is 9.12. The molecule has 0 amide bonds. The number of halogens is 1. The summed E-state index contributed by atoms with van der Waals surface area (Å²) in [7, 11) is 0. The minimum Gasteiger partial charge on any atom is -0.494 e. The van der Waals surface area contributed by atoms with E-state index in [0.717, 1.165) is 25.0 Å². The summed E-state index contributed by atoms with van der Waals surface area (Å²) < 4.78 is 30.4. The maximum absolute atomic E-state index is 13.4. The van der Waals surface area contributed by atoms with Gasteiger partial charge in [-0.1, -0.05) is 0 Å². The average Bonchev–Trinajstić information content (AvgIpc) is 2.63. The summed E-state index contributed by atoms with van der Waals surface area (Å²) in [6.45, 7) is 4.92. The van der Waals surface area contributed by atoms with Gasteiger partial charge in [0.15, 0.2) is 11.5 Å². The summed E-state index contributed by atoms with van der Waals surface area (Å²) in [5, 5.41) is 7.35. The lowest BCUT2D eigenvalue weighted by molar-refractivity contribution is 0.217. The van der Waals surface area contributed by atoms with Crippen LogP contribution < -0.4 is 19.9 Å². The number of hydrogen-bond donors (Lipinski definition) is 2. The number of ether oxygens (including phenoxy) is 3. The molecule has 2 aromatic rings. The van der Waals surface area contributed by atoms with Crippen LogP contribution in [0.5, 0.6) is 17.2 Å². The number of hydrogen-bond acceptors (Lipinski definition) is 4. The lowest BCUT2D eigenvalue weighted by atomic mass is 10.2. The largest absolute Gasteiger partial charge is 0.494 e. The van der Waals surface area contributed by atoms with Crippen LogP contribution in [-0.4, -0.2) is 25.2 Å². The molecule has 6 heteroatoms. The maximum Gasteiger partial charge on any atom is 0.164 e. The highest BCUT2D eigenvalue weighted by molar-refractivity contribution is 5.94.